The predicted molar refractivity (Wildman–Crippen MR) is 97.6 cm³/mol. The van der Waals surface area contributed by atoms with Crippen molar-refractivity contribution in [3.05, 3.63) is 71.8 Å². The third kappa shape index (κ3) is 2.92. The van der Waals surface area contributed by atoms with Crippen molar-refractivity contribution in [3.63, 3.8) is 0 Å². The molecule has 0 aliphatic heterocycles. The largest absolute Gasteiger partial charge is 0.0616 e. The molecule has 0 bridgehead atoms. The molecule has 0 fully saturated rings. The summed E-state index contributed by atoms with van der Waals surface area (Å²) in [7, 11) is 0. The second kappa shape index (κ2) is 5.96. The highest BCUT2D eigenvalue weighted by molar-refractivity contribution is 5.87. The van der Waals surface area contributed by atoms with E-state index >= 15 is 0 Å². The molecule has 0 N–H and O–H groups in total. The average Bonchev–Trinajstić information content (AvgIpc) is 2.53. The average molecular weight is 288 g/mol. The summed E-state index contributed by atoms with van der Waals surface area (Å²) in [6, 6.07) is 22.4. The fourth-order valence-corrected chi connectivity index (χ4v) is 2.88. The summed E-state index contributed by atoms with van der Waals surface area (Å²) in [6.07, 6.45) is 0. The molecule has 0 saturated heterocycles. The molecule has 22 heavy (non-hydrogen) atoms. The van der Waals surface area contributed by atoms with E-state index in [1.807, 2.05) is 0 Å². The third-order valence-electron chi connectivity index (χ3n) is 4.39. The van der Waals surface area contributed by atoms with Crippen LogP contribution in [0.3, 0.4) is 0 Å². The Hall–Kier alpha value is -2.08. The van der Waals surface area contributed by atoms with Crippen LogP contribution in [0, 0.1) is 0 Å². The molecule has 3 aromatic rings. The fraction of sp³-hybridized carbons (Fsp3) is 0.273. The minimum atomic E-state index is 0.554. The van der Waals surface area contributed by atoms with Gasteiger partial charge in [-0.15, -0.1) is 0 Å². The van der Waals surface area contributed by atoms with Crippen molar-refractivity contribution in [1.82, 2.24) is 0 Å². The Morgan fingerprint density at radius 3 is 1.73 bits per heavy atom. The highest BCUT2D eigenvalue weighted by atomic mass is 14.1. The summed E-state index contributed by atoms with van der Waals surface area (Å²) in [4.78, 5) is 0. The maximum Gasteiger partial charge on any atom is -0.0177 e. The van der Waals surface area contributed by atoms with Crippen LogP contribution < -0.4 is 0 Å². The van der Waals surface area contributed by atoms with Crippen LogP contribution in [0.1, 0.15) is 50.7 Å². The van der Waals surface area contributed by atoms with E-state index in [-0.39, 0.29) is 0 Å². The topological polar surface area (TPSA) is 0 Å². The standard InChI is InChI=1S/C22H24/c1-15(2)20-12-21(16(3)4)14-22(13-20)19-10-9-17-7-5-6-8-18(17)11-19/h5-16H,1-4H3. The van der Waals surface area contributed by atoms with Crippen LogP contribution in [0.25, 0.3) is 21.9 Å². The number of benzene rings is 3. The lowest BCUT2D eigenvalue weighted by Gasteiger charge is -2.15. The zero-order valence-corrected chi connectivity index (χ0v) is 13.9. The van der Waals surface area contributed by atoms with Gasteiger partial charge in [0, 0.05) is 0 Å². The molecular formula is C22H24. The SMILES string of the molecule is CC(C)c1cc(-c2ccc3ccccc3c2)cc(C(C)C)c1. The third-order valence-corrected chi connectivity index (χ3v) is 4.39. The first-order chi connectivity index (χ1) is 10.5. The van der Waals surface area contributed by atoms with Gasteiger partial charge < -0.3 is 0 Å². The molecule has 0 aliphatic rings. The van der Waals surface area contributed by atoms with Crippen LogP contribution in [0.2, 0.25) is 0 Å². The minimum absolute atomic E-state index is 0.554. The predicted octanol–water partition coefficient (Wildman–Crippen LogP) is 6.75. The van der Waals surface area contributed by atoms with E-state index in [4.69, 9.17) is 0 Å². The molecule has 112 valence electrons. The van der Waals surface area contributed by atoms with Crippen LogP contribution >= 0.6 is 0 Å². The zero-order chi connectivity index (χ0) is 15.7. The normalized spacial score (nSPS) is 11.5. The molecule has 0 heterocycles. The number of rotatable bonds is 3. The first-order valence-corrected chi connectivity index (χ1v) is 8.18. The van der Waals surface area contributed by atoms with Crippen molar-refractivity contribution in [2.24, 2.45) is 0 Å². The van der Waals surface area contributed by atoms with Gasteiger partial charge in [0.15, 0.2) is 0 Å². The Labute approximate surface area is 133 Å². The van der Waals surface area contributed by atoms with Crippen molar-refractivity contribution in [2.75, 3.05) is 0 Å². The maximum atomic E-state index is 2.36. The molecule has 0 spiro atoms. The highest BCUT2D eigenvalue weighted by Crippen LogP contribution is 2.30. The second-order valence-corrected chi connectivity index (χ2v) is 6.76. The fourth-order valence-electron chi connectivity index (χ4n) is 2.88. The van der Waals surface area contributed by atoms with Crippen LogP contribution in [0.15, 0.2) is 60.7 Å². The van der Waals surface area contributed by atoms with E-state index < -0.39 is 0 Å². The lowest BCUT2D eigenvalue weighted by Crippen LogP contribution is -1.95. The van der Waals surface area contributed by atoms with Crippen molar-refractivity contribution >= 4 is 10.8 Å². The van der Waals surface area contributed by atoms with Gasteiger partial charge in [0.25, 0.3) is 0 Å². The zero-order valence-electron chi connectivity index (χ0n) is 13.9. The molecule has 0 atom stereocenters. The van der Waals surface area contributed by atoms with Gasteiger partial charge in [-0.1, -0.05) is 82.3 Å². The molecule has 0 heteroatoms. The summed E-state index contributed by atoms with van der Waals surface area (Å²) in [6.45, 7) is 9.07. The van der Waals surface area contributed by atoms with E-state index in [9.17, 15) is 0 Å². The molecule has 0 unspecified atom stereocenters. The van der Waals surface area contributed by atoms with Crippen molar-refractivity contribution < 1.29 is 0 Å². The van der Waals surface area contributed by atoms with Crippen LogP contribution in [0.4, 0.5) is 0 Å². The first kappa shape index (κ1) is 14.8. The van der Waals surface area contributed by atoms with Gasteiger partial charge in [-0.25, -0.2) is 0 Å². The Balaban J connectivity index is 2.16. The van der Waals surface area contributed by atoms with E-state index in [0.717, 1.165) is 0 Å². The van der Waals surface area contributed by atoms with Crippen LogP contribution in [0.5, 0.6) is 0 Å². The van der Waals surface area contributed by atoms with Gasteiger partial charge in [0.2, 0.25) is 0 Å². The highest BCUT2D eigenvalue weighted by Gasteiger charge is 2.09. The number of hydrogen-bond acceptors (Lipinski definition) is 0. The molecular weight excluding hydrogens is 264 g/mol. The number of fused-ring (bicyclic) bond motifs is 1. The van der Waals surface area contributed by atoms with Gasteiger partial charge in [0.05, 0.1) is 0 Å². The second-order valence-electron chi connectivity index (χ2n) is 6.76. The number of hydrogen-bond donors (Lipinski definition) is 0. The summed E-state index contributed by atoms with van der Waals surface area (Å²) >= 11 is 0. The monoisotopic (exact) mass is 288 g/mol. The Kier molecular flexibility index (Phi) is 4.02. The van der Waals surface area contributed by atoms with E-state index in [2.05, 4.69) is 88.4 Å². The first-order valence-electron chi connectivity index (χ1n) is 8.18. The molecule has 0 saturated carbocycles. The summed E-state index contributed by atoms with van der Waals surface area (Å²) in [5.74, 6) is 1.11. The van der Waals surface area contributed by atoms with Gasteiger partial charge in [0.1, 0.15) is 0 Å². The van der Waals surface area contributed by atoms with Crippen LogP contribution in [-0.2, 0) is 0 Å². The minimum Gasteiger partial charge on any atom is -0.0616 e. The quantitative estimate of drug-likeness (QED) is 0.500. The van der Waals surface area contributed by atoms with Crippen molar-refractivity contribution in [3.8, 4) is 11.1 Å². The molecule has 0 nitrogen and oxygen atoms in total. The molecule has 0 aliphatic carbocycles. The smallest absolute Gasteiger partial charge is 0.0177 e. The van der Waals surface area contributed by atoms with Gasteiger partial charge >= 0.3 is 0 Å². The summed E-state index contributed by atoms with van der Waals surface area (Å²) in [5, 5.41) is 2.61. The Morgan fingerprint density at radius 1 is 0.545 bits per heavy atom. The van der Waals surface area contributed by atoms with E-state index in [1.165, 1.54) is 33.0 Å². The Morgan fingerprint density at radius 2 is 1.14 bits per heavy atom. The molecule has 0 amide bonds. The van der Waals surface area contributed by atoms with Crippen LogP contribution in [-0.4, -0.2) is 0 Å². The molecule has 0 aromatic heterocycles. The molecule has 0 radical (unpaired) electrons. The maximum absolute atomic E-state index is 2.36. The molecule has 3 rings (SSSR count). The Bertz CT molecular complexity index is 768. The van der Waals surface area contributed by atoms with E-state index in [0.29, 0.717) is 11.8 Å². The van der Waals surface area contributed by atoms with Gasteiger partial charge in [-0.2, -0.15) is 0 Å². The summed E-state index contributed by atoms with van der Waals surface area (Å²) in [5.41, 5.74) is 5.49. The van der Waals surface area contributed by atoms with E-state index in [1.54, 1.807) is 0 Å². The van der Waals surface area contributed by atoms with Gasteiger partial charge in [-0.05, 0) is 50.9 Å². The lowest BCUT2D eigenvalue weighted by atomic mass is 9.90. The van der Waals surface area contributed by atoms with Crippen molar-refractivity contribution in [1.29, 1.82) is 0 Å². The summed E-state index contributed by atoms with van der Waals surface area (Å²) < 4.78 is 0. The lowest BCUT2D eigenvalue weighted by molar-refractivity contribution is 0.834. The molecule has 3 aromatic carbocycles. The van der Waals surface area contributed by atoms with Crippen molar-refractivity contribution in [2.45, 2.75) is 39.5 Å². The van der Waals surface area contributed by atoms with Gasteiger partial charge in [-0.3, -0.25) is 0 Å².